The first kappa shape index (κ1) is 15.8. The van der Waals surface area contributed by atoms with Crippen LogP contribution in [-0.4, -0.2) is 37.7 Å². The van der Waals surface area contributed by atoms with E-state index >= 15 is 0 Å². The summed E-state index contributed by atoms with van der Waals surface area (Å²) in [6.07, 6.45) is 6.99. The van der Waals surface area contributed by atoms with Crippen LogP contribution in [0.2, 0.25) is 0 Å². The summed E-state index contributed by atoms with van der Waals surface area (Å²) in [6.45, 7) is 7.37. The van der Waals surface area contributed by atoms with Gasteiger partial charge in [-0.3, -0.25) is 4.90 Å². The molecule has 1 heterocycles. The number of rotatable bonds is 5. The van der Waals surface area contributed by atoms with Crippen LogP contribution in [-0.2, 0) is 0 Å². The lowest BCUT2D eigenvalue weighted by Crippen LogP contribution is -2.47. The van der Waals surface area contributed by atoms with E-state index in [0.29, 0.717) is 6.04 Å². The quantitative estimate of drug-likeness (QED) is 0.899. The highest BCUT2D eigenvalue weighted by atomic mass is 16.5. The van der Waals surface area contributed by atoms with E-state index in [1.54, 1.807) is 0 Å². The Hall–Kier alpha value is -1.06. The van der Waals surface area contributed by atoms with Gasteiger partial charge in [-0.05, 0) is 43.4 Å². The molecular weight excluding hydrogens is 272 g/mol. The van der Waals surface area contributed by atoms with Gasteiger partial charge in [0.1, 0.15) is 5.75 Å². The van der Waals surface area contributed by atoms with Crippen molar-refractivity contribution in [3.63, 3.8) is 0 Å². The second kappa shape index (κ2) is 7.98. The summed E-state index contributed by atoms with van der Waals surface area (Å²) in [5.74, 6) is 1.83. The molecule has 0 radical (unpaired) electrons. The molecule has 0 amide bonds. The lowest BCUT2D eigenvalue weighted by atomic mass is 9.80. The van der Waals surface area contributed by atoms with Gasteiger partial charge in [-0.25, -0.2) is 0 Å². The molecule has 2 aliphatic rings. The molecule has 1 saturated carbocycles. The maximum Gasteiger partial charge on any atom is 0.119 e. The average molecular weight is 302 g/mol. The second-order valence-corrected chi connectivity index (χ2v) is 6.63. The number of hydrogen-bond donors (Lipinski definition) is 1. The van der Waals surface area contributed by atoms with E-state index in [4.69, 9.17) is 4.74 Å². The Labute approximate surface area is 135 Å². The third-order valence-corrected chi connectivity index (χ3v) is 5.15. The van der Waals surface area contributed by atoms with Gasteiger partial charge < -0.3 is 10.1 Å². The van der Waals surface area contributed by atoms with Gasteiger partial charge in [0, 0.05) is 32.2 Å². The monoisotopic (exact) mass is 302 g/mol. The topological polar surface area (TPSA) is 24.5 Å². The van der Waals surface area contributed by atoms with Crippen molar-refractivity contribution in [3.05, 3.63) is 29.8 Å². The lowest BCUT2D eigenvalue weighted by molar-refractivity contribution is 0.103. The van der Waals surface area contributed by atoms with Crippen LogP contribution in [0.1, 0.15) is 50.6 Å². The predicted molar refractivity (Wildman–Crippen MR) is 91.4 cm³/mol. The minimum Gasteiger partial charge on any atom is -0.494 e. The fourth-order valence-corrected chi connectivity index (χ4v) is 4.15. The van der Waals surface area contributed by atoms with Crippen LogP contribution in [0.15, 0.2) is 24.3 Å². The third kappa shape index (κ3) is 3.82. The first-order valence-corrected chi connectivity index (χ1v) is 9.06. The molecule has 1 atom stereocenters. The van der Waals surface area contributed by atoms with Crippen LogP contribution in [0, 0.1) is 5.92 Å². The molecule has 2 fully saturated rings. The van der Waals surface area contributed by atoms with E-state index < -0.39 is 0 Å². The summed E-state index contributed by atoms with van der Waals surface area (Å²) < 4.78 is 5.74. The molecule has 122 valence electrons. The number of ether oxygens (including phenoxy) is 1. The van der Waals surface area contributed by atoms with Gasteiger partial charge >= 0.3 is 0 Å². The zero-order valence-corrected chi connectivity index (χ0v) is 13.9. The molecule has 3 rings (SSSR count). The summed E-state index contributed by atoms with van der Waals surface area (Å²) in [6, 6.07) is 9.41. The molecule has 1 aliphatic carbocycles. The average Bonchev–Trinajstić information content (AvgIpc) is 2.58. The Morgan fingerprint density at radius 3 is 2.68 bits per heavy atom. The normalized spacial score (nSPS) is 22.4. The van der Waals surface area contributed by atoms with Gasteiger partial charge in [-0.15, -0.1) is 0 Å². The van der Waals surface area contributed by atoms with Gasteiger partial charge in [-0.2, -0.15) is 0 Å². The molecular formula is C19H30N2O. The Kier molecular flexibility index (Phi) is 5.74. The van der Waals surface area contributed by atoms with Gasteiger partial charge in [0.05, 0.1) is 6.61 Å². The van der Waals surface area contributed by atoms with Crippen molar-refractivity contribution >= 4 is 0 Å². The molecule has 0 spiro atoms. The standard InChI is InChI=1S/C19H30N2O/c1-2-22-18-10-6-9-17(15-18)19(16-7-4-3-5-8-16)21-13-11-20-12-14-21/h6,9-10,15-16,19-20H,2-5,7-8,11-14H2,1H3/t19-/m0/s1. The molecule has 1 aromatic carbocycles. The van der Waals surface area contributed by atoms with Gasteiger partial charge in [-0.1, -0.05) is 31.4 Å². The van der Waals surface area contributed by atoms with Crippen molar-refractivity contribution < 1.29 is 4.74 Å². The zero-order chi connectivity index (χ0) is 15.2. The maximum absolute atomic E-state index is 5.74. The van der Waals surface area contributed by atoms with Crippen LogP contribution in [0.5, 0.6) is 5.75 Å². The van der Waals surface area contributed by atoms with E-state index in [1.165, 1.54) is 50.8 Å². The highest BCUT2D eigenvalue weighted by Crippen LogP contribution is 2.39. The molecule has 1 N–H and O–H groups in total. The van der Waals surface area contributed by atoms with Crippen molar-refractivity contribution in [3.8, 4) is 5.75 Å². The van der Waals surface area contributed by atoms with Crippen LogP contribution in [0.25, 0.3) is 0 Å². The van der Waals surface area contributed by atoms with Crippen molar-refractivity contribution in [2.45, 2.75) is 45.1 Å². The maximum atomic E-state index is 5.74. The highest BCUT2D eigenvalue weighted by molar-refractivity contribution is 5.31. The van der Waals surface area contributed by atoms with Crippen LogP contribution in [0.3, 0.4) is 0 Å². The number of benzene rings is 1. The minimum absolute atomic E-state index is 0.572. The zero-order valence-electron chi connectivity index (χ0n) is 13.9. The summed E-state index contributed by atoms with van der Waals surface area (Å²) in [7, 11) is 0. The first-order valence-electron chi connectivity index (χ1n) is 9.06. The molecule has 1 aromatic rings. The van der Waals surface area contributed by atoms with Crippen molar-refractivity contribution in [2.24, 2.45) is 5.92 Å². The summed E-state index contributed by atoms with van der Waals surface area (Å²) in [5.41, 5.74) is 1.46. The van der Waals surface area contributed by atoms with Gasteiger partial charge in [0.25, 0.3) is 0 Å². The fraction of sp³-hybridized carbons (Fsp3) is 0.684. The van der Waals surface area contributed by atoms with Gasteiger partial charge in [0.15, 0.2) is 0 Å². The number of nitrogens with one attached hydrogen (secondary N) is 1. The Bertz CT molecular complexity index is 433. The Morgan fingerprint density at radius 1 is 1.18 bits per heavy atom. The van der Waals surface area contributed by atoms with Crippen LogP contribution >= 0.6 is 0 Å². The molecule has 3 heteroatoms. The second-order valence-electron chi connectivity index (χ2n) is 6.63. The molecule has 0 aromatic heterocycles. The number of nitrogens with zero attached hydrogens (tertiary/aromatic N) is 1. The minimum atomic E-state index is 0.572. The number of piperazine rings is 1. The first-order chi connectivity index (χ1) is 10.9. The lowest BCUT2D eigenvalue weighted by Gasteiger charge is -2.41. The van der Waals surface area contributed by atoms with Gasteiger partial charge in [0.2, 0.25) is 0 Å². The SMILES string of the molecule is CCOc1cccc([C@H](C2CCCCC2)N2CCNCC2)c1. The van der Waals surface area contributed by atoms with Crippen LogP contribution < -0.4 is 10.1 Å². The third-order valence-electron chi connectivity index (χ3n) is 5.15. The molecule has 1 aliphatic heterocycles. The fourth-order valence-electron chi connectivity index (χ4n) is 4.15. The molecule has 3 nitrogen and oxygen atoms in total. The van der Waals surface area contributed by atoms with Crippen molar-refractivity contribution in [2.75, 3.05) is 32.8 Å². The molecule has 0 bridgehead atoms. The van der Waals surface area contributed by atoms with E-state index in [-0.39, 0.29) is 0 Å². The molecule has 22 heavy (non-hydrogen) atoms. The predicted octanol–water partition coefficient (Wildman–Crippen LogP) is 3.61. The highest BCUT2D eigenvalue weighted by Gasteiger charge is 2.31. The molecule has 1 saturated heterocycles. The van der Waals surface area contributed by atoms with Crippen LogP contribution in [0.4, 0.5) is 0 Å². The van der Waals surface area contributed by atoms with Crippen molar-refractivity contribution in [1.29, 1.82) is 0 Å². The van der Waals surface area contributed by atoms with E-state index in [0.717, 1.165) is 31.4 Å². The van der Waals surface area contributed by atoms with E-state index in [1.807, 2.05) is 0 Å². The smallest absolute Gasteiger partial charge is 0.119 e. The number of hydrogen-bond acceptors (Lipinski definition) is 3. The van der Waals surface area contributed by atoms with E-state index in [9.17, 15) is 0 Å². The van der Waals surface area contributed by atoms with Crippen molar-refractivity contribution in [1.82, 2.24) is 10.2 Å². The Morgan fingerprint density at radius 2 is 1.95 bits per heavy atom. The largest absolute Gasteiger partial charge is 0.494 e. The Balaban J connectivity index is 1.84. The van der Waals surface area contributed by atoms with E-state index in [2.05, 4.69) is 41.4 Å². The molecule has 0 unspecified atom stereocenters. The summed E-state index contributed by atoms with van der Waals surface area (Å²) >= 11 is 0. The summed E-state index contributed by atoms with van der Waals surface area (Å²) in [5, 5.41) is 3.49. The summed E-state index contributed by atoms with van der Waals surface area (Å²) in [4.78, 5) is 2.71.